The number of hydrogen-bond donors (Lipinski definition) is 1. The Morgan fingerprint density at radius 1 is 1.25 bits per heavy atom. The largest absolute Gasteiger partial charge is 0.465 e. The number of aromatic nitrogens is 2. The first-order valence-electron chi connectivity index (χ1n) is 6.32. The predicted molar refractivity (Wildman–Crippen MR) is 77.2 cm³/mol. The van der Waals surface area contributed by atoms with Gasteiger partial charge in [0, 0.05) is 43.3 Å². The van der Waals surface area contributed by atoms with Crippen molar-refractivity contribution in [3.05, 3.63) is 29.2 Å². The lowest BCUT2D eigenvalue weighted by Crippen LogP contribution is -2.48. The van der Waals surface area contributed by atoms with Crippen molar-refractivity contribution in [2.24, 2.45) is 0 Å². The first-order chi connectivity index (χ1) is 9.75. The van der Waals surface area contributed by atoms with Gasteiger partial charge in [-0.25, -0.2) is 14.8 Å². The lowest BCUT2D eigenvalue weighted by molar-refractivity contribution is 0.142. The fourth-order valence-electron chi connectivity index (χ4n) is 2.30. The highest BCUT2D eigenvalue weighted by Gasteiger charge is 2.23. The lowest BCUT2D eigenvalue weighted by atomic mass is 10.2. The minimum atomic E-state index is -0.856. The average Bonchev–Trinajstić information content (AvgIpc) is 3.01. The first kappa shape index (κ1) is 12.9. The summed E-state index contributed by atoms with van der Waals surface area (Å²) in [5.74, 6) is 0.878. The van der Waals surface area contributed by atoms with Gasteiger partial charge in [0.15, 0.2) is 0 Å². The Morgan fingerprint density at radius 2 is 2.05 bits per heavy atom. The van der Waals surface area contributed by atoms with Crippen LogP contribution in [-0.2, 0) is 0 Å². The first-order valence-corrected chi connectivity index (χ1v) is 7.26. The Morgan fingerprint density at radius 3 is 2.70 bits per heavy atom. The highest BCUT2D eigenvalue weighted by Crippen LogP contribution is 2.28. The van der Waals surface area contributed by atoms with Crippen LogP contribution in [0.5, 0.6) is 0 Å². The fraction of sp³-hybridized carbons (Fsp3) is 0.308. The SMILES string of the molecule is O=C(O)N1CCN(c2ncccc2-c2cscn2)CC1. The third-order valence-corrected chi connectivity index (χ3v) is 3.93. The monoisotopic (exact) mass is 290 g/mol. The Kier molecular flexibility index (Phi) is 3.51. The molecule has 1 saturated heterocycles. The summed E-state index contributed by atoms with van der Waals surface area (Å²) < 4.78 is 0. The van der Waals surface area contributed by atoms with E-state index in [2.05, 4.69) is 14.9 Å². The highest BCUT2D eigenvalue weighted by atomic mass is 32.1. The van der Waals surface area contributed by atoms with Gasteiger partial charge in [-0.05, 0) is 12.1 Å². The molecule has 1 amide bonds. The summed E-state index contributed by atoms with van der Waals surface area (Å²) >= 11 is 1.55. The van der Waals surface area contributed by atoms with Gasteiger partial charge in [0.25, 0.3) is 0 Å². The number of carbonyl (C=O) groups is 1. The van der Waals surface area contributed by atoms with Crippen LogP contribution in [0.4, 0.5) is 10.6 Å². The van der Waals surface area contributed by atoms with E-state index in [4.69, 9.17) is 5.11 Å². The van der Waals surface area contributed by atoms with Gasteiger partial charge >= 0.3 is 6.09 Å². The molecule has 0 saturated carbocycles. The second kappa shape index (κ2) is 5.46. The second-order valence-electron chi connectivity index (χ2n) is 4.50. The van der Waals surface area contributed by atoms with Gasteiger partial charge in [-0.3, -0.25) is 0 Å². The summed E-state index contributed by atoms with van der Waals surface area (Å²) in [6.45, 7) is 2.31. The highest BCUT2D eigenvalue weighted by molar-refractivity contribution is 7.07. The van der Waals surface area contributed by atoms with Crippen LogP contribution in [0.15, 0.2) is 29.2 Å². The maximum atomic E-state index is 10.9. The molecule has 0 bridgehead atoms. The van der Waals surface area contributed by atoms with Crippen LogP contribution < -0.4 is 4.90 Å². The van der Waals surface area contributed by atoms with E-state index in [9.17, 15) is 4.79 Å². The Labute approximate surface area is 120 Å². The van der Waals surface area contributed by atoms with Crippen LogP contribution in [0, 0.1) is 0 Å². The maximum Gasteiger partial charge on any atom is 0.407 e. The van der Waals surface area contributed by atoms with Crippen molar-refractivity contribution < 1.29 is 9.90 Å². The summed E-state index contributed by atoms with van der Waals surface area (Å²) in [5, 5.41) is 11.0. The van der Waals surface area contributed by atoms with Crippen LogP contribution in [0.1, 0.15) is 0 Å². The van der Waals surface area contributed by atoms with E-state index >= 15 is 0 Å². The normalized spacial score (nSPS) is 15.4. The Bertz CT molecular complexity index is 594. The van der Waals surface area contributed by atoms with Crippen LogP contribution in [-0.4, -0.2) is 52.2 Å². The smallest absolute Gasteiger partial charge is 0.407 e. The number of rotatable bonds is 2. The van der Waals surface area contributed by atoms with Gasteiger partial charge in [-0.2, -0.15) is 0 Å². The third-order valence-electron chi connectivity index (χ3n) is 3.34. The number of carboxylic acid groups (broad SMARTS) is 1. The number of pyridine rings is 1. The van der Waals surface area contributed by atoms with Crippen LogP contribution in [0.3, 0.4) is 0 Å². The van der Waals surface area contributed by atoms with Gasteiger partial charge in [-0.15, -0.1) is 11.3 Å². The molecule has 3 rings (SSSR count). The standard InChI is InChI=1S/C13H14N4O2S/c18-13(19)17-6-4-16(5-7-17)12-10(2-1-3-14-12)11-8-20-9-15-11/h1-3,8-9H,4-7H2,(H,18,19). The van der Waals surface area contributed by atoms with E-state index in [-0.39, 0.29) is 0 Å². The van der Waals surface area contributed by atoms with Crippen molar-refractivity contribution in [3.8, 4) is 11.3 Å². The molecule has 0 spiro atoms. The van der Waals surface area contributed by atoms with Crippen LogP contribution in [0.25, 0.3) is 11.3 Å². The zero-order chi connectivity index (χ0) is 13.9. The van der Waals surface area contributed by atoms with E-state index in [0.29, 0.717) is 26.2 Å². The quantitative estimate of drug-likeness (QED) is 0.916. The third kappa shape index (κ3) is 2.44. The molecule has 0 unspecified atom stereocenters. The second-order valence-corrected chi connectivity index (χ2v) is 5.22. The summed E-state index contributed by atoms with van der Waals surface area (Å²) in [6, 6.07) is 3.90. The van der Waals surface area contributed by atoms with Gasteiger partial charge < -0.3 is 14.9 Å². The molecule has 0 aliphatic carbocycles. The molecular formula is C13H14N4O2S. The van der Waals surface area contributed by atoms with E-state index in [1.54, 1.807) is 23.0 Å². The van der Waals surface area contributed by atoms with E-state index in [1.165, 1.54) is 4.90 Å². The summed E-state index contributed by atoms with van der Waals surface area (Å²) in [5.41, 5.74) is 3.71. The number of thiazole rings is 1. The Hall–Kier alpha value is -2.15. The maximum absolute atomic E-state index is 10.9. The molecule has 0 radical (unpaired) electrons. The predicted octanol–water partition coefficient (Wildman–Crippen LogP) is 2.01. The van der Waals surface area contributed by atoms with Crippen LogP contribution >= 0.6 is 11.3 Å². The van der Waals surface area contributed by atoms with Crippen molar-refractivity contribution in [3.63, 3.8) is 0 Å². The molecule has 0 atom stereocenters. The van der Waals surface area contributed by atoms with Gasteiger partial charge in [0.1, 0.15) is 5.82 Å². The molecule has 2 aromatic rings. The van der Waals surface area contributed by atoms with E-state index in [1.807, 2.05) is 17.5 Å². The number of anilines is 1. The number of nitrogens with zero attached hydrogens (tertiary/aromatic N) is 4. The minimum absolute atomic E-state index is 0.502. The molecule has 6 nitrogen and oxygen atoms in total. The van der Waals surface area contributed by atoms with E-state index in [0.717, 1.165) is 17.1 Å². The summed E-state index contributed by atoms with van der Waals surface area (Å²) in [4.78, 5) is 23.3. The zero-order valence-corrected chi connectivity index (χ0v) is 11.6. The summed E-state index contributed by atoms with van der Waals surface area (Å²) in [7, 11) is 0. The van der Waals surface area contributed by atoms with Crippen molar-refractivity contribution in [2.75, 3.05) is 31.1 Å². The fourth-order valence-corrected chi connectivity index (χ4v) is 2.86. The molecule has 1 fully saturated rings. The van der Waals surface area contributed by atoms with Crippen LogP contribution in [0.2, 0.25) is 0 Å². The molecule has 3 heterocycles. The zero-order valence-electron chi connectivity index (χ0n) is 10.8. The van der Waals surface area contributed by atoms with Crippen molar-refractivity contribution in [1.29, 1.82) is 0 Å². The van der Waals surface area contributed by atoms with Gasteiger partial charge in [0.05, 0.1) is 11.2 Å². The van der Waals surface area contributed by atoms with Crippen molar-refractivity contribution in [1.82, 2.24) is 14.9 Å². The molecule has 104 valence electrons. The van der Waals surface area contributed by atoms with Gasteiger partial charge in [-0.1, -0.05) is 0 Å². The minimum Gasteiger partial charge on any atom is -0.465 e. The number of piperazine rings is 1. The molecule has 2 aromatic heterocycles. The van der Waals surface area contributed by atoms with Gasteiger partial charge in [0.2, 0.25) is 0 Å². The van der Waals surface area contributed by atoms with Crippen molar-refractivity contribution >= 4 is 23.2 Å². The van der Waals surface area contributed by atoms with Crippen molar-refractivity contribution in [2.45, 2.75) is 0 Å². The lowest BCUT2D eigenvalue weighted by Gasteiger charge is -2.34. The number of hydrogen-bond acceptors (Lipinski definition) is 5. The average molecular weight is 290 g/mol. The molecule has 1 aliphatic heterocycles. The molecule has 1 N–H and O–H groups in total. The van der Waals surface area contributed by atoms with E-state index < -0.39 is 6.09 Å². The number of amides is 1. The molecule has 7 heteroatoms. The Balaban J connectivity index is 1.83. The molecular weight excluding hydrogens is 276 g/mol. The topological polar surface area (TPSA) is 69.6 Å². The molecule has 1 aliphatic rings. The molecule has 0 aromatic carbocycles. The molecule has 20 heavy (non-hydrogen) atoms. The summed E-state index contributed by atoms with van der Waals surface area (Å²) in [6.07, 6.45) is 0.903.